The first-order chi connectivity index (χ1) is 3.93. The molecule has 41 valence electrons. The largest absolute Gasteiger partial charge is 0.466 e. The Bertz CT molecular complexity index is 153. The quantitative estimate of drug-likeness (QED) is 0.497. The molecule has 0 spiro atoms. The zero-order chi connectivity index (χ0) is 5.82. The molecule has 1 rings (SSSR count). The Balaban J connectivity index is 2.83. The summed E-state index contributed by atoms with van der Waals surface area (Å²) in [4.78, 5) is 3.65. The minimum Gasteiger partial charge on any atom is -0.466 e. The third-order valence-corrected chi connectivity index (χ3v) is 0.609. The van der Waals surface area contributed by atoms with Gasteiger partial charge in [0.25, 0.3) is 0 Å². The first-order valence-corrected chi connectivity index (χ1v) is 2.03. The molecule has 0 saturated heterocycles. The van der Waals surface area contributed by atoms with Crippen LogP contribution in [0.4, 0.5) is 0 Å². The Hall–Kier alpha value is -1.19. The van der Waals surface area contributed by atoms with Crippen LogP contribution >= 0.6 is 0 Å². The first-order valence-electron chi connectivity index (χ1n) is 2.03. The van der Waals surface area contributed by atoms with Gasteiger partial charge >= 0.3 is 6.01 Å². The minimum absolute atomic E-state index is 0.267. The van der Waals surface area contributed by atoms with Crippen molar-refractivity contribution in [3.63, 3.8) is 0 Å². The topological polar surface area (TPSA) is 47.9 Å². The number of rotatable bonds is 1. The van der Waals surface area contributed by atoms with Gasteiger partial charge in [-0.2, -0.15) is 0 Å². The van der Waals surface area contributed by atoms with Gasteiger partial charge in [-0.25, -0.2) is 4.98 Å². The predicted octanol–water partition coefficient (Wildman–Crippen LogP) is -0.320. The van der Waals surface area contributed by atoms with Gasteiger partial charge in [0.05, 0.1) is 13.3 Å². The van der Waals surface area contributed by atoms with Gasteiger partial charge in [0.15, 0.2) is 0 Å². The monoisotopic (exact) mass is 110 g/mol. The van der Waals surface area contributed by atoms with Crippen molar-refractivity contribution in [2.24, 2.45) is 0 Å². The predicted molar refractivity (Wildman–Crippen MR) is 25.2 cm³/mol. The van der Waals surface area contributed by atoms with Crippen LogP contribution in [0.15, 0.2) is 6.20 Å². The summed E-state index contributed by atoms with van der Waals surface area (Å²) >= 11 is 0. The van der Waals surface area contributed by atoms with Crippen molar-refractivity contribution in [2.75, 3.05) is 7.11 Å². The molecule has 0 aliphatic heterocycles. The molecule has 0 atom stereocenters. The highest BCUT2D eigenvalue weighted by molar-refractivity contribution is 4.84. The van der Waals surface area contributed by atoms with Crippen molar-refractivity contribution in [3.8, 4) is 6.01 Å². The van der Waals surface area contributed by atoms with E-state index in [9.17, 15) is 0 Å². The van der Waals surface area contributed by atoms with Gasteiger partial charge in [0.2, 0.25) is 0 Å². The molecule has 0 bridgehead atoms. The van der Waals surface area contributed by atoms with Crippen LogP contribution in [-0.2, 0) is 0 Å². The van der Waals surface area contributed by atoms with Gasteiger partial charge in [0, 0.05) is 0 Å². The van der Waals surface area contributed by atoms with Crippen molar-refractivity contribution in [2.45, 2.75) is 0 Å². The van der Waals surface area contributed by atoms with Gasteiger partial charge in [0.1, 0.15) is 6.20 Å². The number of ether oxygens (including phenoxy) is 1. The summed E-state index contributed by atoms with van der Waals surface area (Å²) in [6, 6.07) is 0.267. The Morgan fingerprint density at radius 3 is 3.00 bits per heavy atom. The summed E-state index contributed by atoms with van der Waals surface area (Å²) in [5.74, 6) is 0. The van der Waals surface area contributed by atoms with Gasteiger partial charge in [-0.15, -0.1) is 5.10 Å². The molecule has 0 amide bonds. The second kappa shape index (κ2) is 2.20. The number of hydrogen-bond donors (Lipinski definition) is 0. The molecule has 1 aromatic heterocycles. The van der Waals surface area contributed by atoms with Crippen molar-refractivity contribution in [1.82, 2.24) is 15.2 Å². The van der Waals surface area contributed by atoms with Crippen LogP contribution < -0.4 is 4.74 Å². The average molecular weight is 110 g/mol. The molecule has 0 saturated carbocycles. The van der Waals surface area contributed by atoms with E-state index in [1.165, 1.54) is 13.3 Å². The lowest BCUT2D eigenvalue weighted by Crippen LogP contribution is -1.91. The fourth-order valence-corrected chi connectivity index (χ4v) is 0.301. The highest BCUT2D eigenvalue weighted by Crippen LogP contribution is 1.90. The van der Waals surface area contributed by atoms with E-state index in [1.54, 1.807) is 0 Å². The van der Waals surface area contributed by atoms with Gasteiger partial charge < -0.3 is 4.74 Å². The Morgan fingerprint density at radius 2 is 2.62 bits per heavy atom. The molecule has 1 heterocycles. The molecule has 4 heteroatoms. The first kappa shape index (κ1) is 4.96. The van der Waals surface area contributed by atoms with Crippen molar-refractivity contribution < 1.29 is 4.74 Å². The summed E-state index contributed by atoms with van der Waals surface area (Å²) < 4.78 is 4.61. The molecule has 8 heavy (non-hydrogen) atoms. The maximum Gasteiger partial charge on any atom is 0.335 e. The highest BCUT2D eigenvalue weighted by atomic mass is 16.5. The molecule has 0 N–H and O–H groups in total. The molecule has 0 fully saturated rings. The Kier molecular flexibility index (Phi) is 1.37. The van der Waals surface area contributed by atoms with E-state index in [0.717, 1.165) is 0 Å². The minimum atomic E-state index is 0.267. The van der Waals surface area contributed by atoms with Gasteiger partial charge in [-0.05, 0) is 0 Å². The fraction of sp³-hybridized carbons (Fsp3) is 0.250. The summed E-state index contributed by atoms with van der Waals surface area (Å²) in [6.07, 6.45) is 3.81. The van der Waals surface area contributed by atoms with Crippen LogP contribution in [0.2, 0.25) is 0 Å². The lowest BCUT2D eigenvalue weighted by atomic mass is 10.9. The molecule has 0 aliphatic carbocycles. The van der Waals surface area contributed by atoms with Crippen LogP contribution in [0.1, 0.15) is 0 Å². The smallest absolute Gasteiger partial charge is 0.335 e. The number of nitrogens with zero attached hydrogens (tertiary/aromatic N) is 3. The second-order valence-electron chi connectivity index (χ2n) is 1.07. The maximum absolute atomic E-state index is 4.61. The van der Waals surface area contributed by atoms with Crippen LogP contribution in [0.3, 0.4) is 0 Å². The Morgan fingerprint density at radius 1 is 1.75 bits per heavy atom. The lowest BCUT2D eigenvalue weighted by molar-refractivity contribution is 0.373. The summed E-state index contributed by atoms with van der Waals surface area (Å²) in [6.45, 7) is 0. The van der Waals surface area contributed by atoms with E-state index in [4.69, 9.17) is 0 Å². The number of aromatic nitrogens is 3. The van der Waals surface area contributed by atoms with Crippen molar-refractivity contribution >= 4 is 0 Å². The van der Waals surface area contributed by atoms with E-state index in [1.807, 2.05) is 0 Å². The van der Waals surface area contributed by atoms with Crippen molar-refractivity contribution in [1.29, 1.82) is 0 Å². The molecule has 0 aliphatic rings. The van der Waals surface area contributed by atoms with Crippen LogP contribution in [0.5, 0.6) is 6.01 Å². The van der Waals surface area contributed by atoms with Gasteiger partial charge in [-0.1, -0.05) is 5.10 Å². The van der Waals surface area contributed by atoms with Crippen LogP contribution in [-0.4, -0.2) is 22.3 Å². The SMILES string of the molecule is COc1nc[c]nn1. The second-order valence-corrected chi connectivity index (χ2v) is 1.07. The molecule has 4 nitrogen and oxygen atoms in total. The standard InChI is InChI=1S/C4H4N3O/c1-8-4-5-2-3-6-7-4/h2H,1H3. The van der Waals surface area contributed by atoms with E-state index >= 15 is 0 Å². The normalized spacial score (nSPS) is 8.62. The van der Waals surface area contributed by atoms with Crippen LogP contribution in [0, 0.1) is 6.20 Å². The van der Waals surface area contributed by atoms with E-state index in [2.05, 4.69) is 26.1 Å². The Labute approximate surface area is 46.5 Å². The van der Waals surface area contributed by atoms with Crippen LogP contribution in [0.25, 0.3) is 0 Å². The van der Waals surface area contributed by atoms with E-state index < -0.39 is 0 Å². The molecular formula is C4H4N3O. The zero-order valence-electron chi connectivity index (χ0n) is 4.33. The van der Waals surface area contributed by atoms with Gasteiger partial charge in [-0.3, -0.25) is 0 Å². The molecule has 1 aromatic rings. The summed E-state index contributed by atoms with van der Waals surface area (Å²) in [5.41, 5.74) is 0. The zero-order valence-corrected chi connectivity index (χ0v) is 4.33. The fourth-order valence-electron chi connectivity index (χ4n) is 0.301. The third-order valence-electron chi connectivity index (χ3n) is 0.609. The average Bonchev–Trinajstić information content (AvgIpc) is 1.90. The van der Waals surface area contributed by atoms with Crippen molar-refractivity contribution in [3.05, 3.63) is 12.4 Å². The maximum atomic E-state index is 4.61. The van der Waals surface area contributed by atoms with E-state index in [0.29, 0.717) is 0 Å². The third kappa shape index (κ3) is 0.900. The highest BCUT2D eigenvalue weighted by Gasteiger charge is 1.86. The molecule has 0 aromatic carbocycles. The number of hydrogen-bond acceptors (Lipinski definition) is 4. The summed E-state index contributed by atoms with van der Waals surface area (Å²) in [5, 5.41) is 6.85. The lowest BCUT2D eigenvalue weighted by Gasteiger charge is -1.89. The molecule has 1 radical (unpaired) electrons. The molecule has 0 unspecified atom stereocenters. The molecular weight excluding hydrogens is 106 g/mol. The number of methoxy groups -OCH3 is 1. The summed E-state index contributed by atoms with van der Waals surface area (Å²) in [7, 11) is 1.48. The van der Waals surface area contributed by atoms with E-state index in [-0.39, 0.29) is 6.01 Å².